The molecule has 0 radical (unpaired) electrons. The summed E-state index contributed by atoms with van der Waals surface area (Å²) in [7, 11) is -3.50. The number of nitrogens with two attached hydrogens (primary N) is 1. The zero-order valence-electron chi connectivity index (χ0n) is 12.6. The molecule has 120 valence electrons. The summed E-state index contributed by atoms with van der Waals surface area (Å²) in [6.07, 6.45) is 1.06. The number of sulfonamides is 1. The minimum atomic E-state index is -3.50. The Labute approximate surface area is 136 Å². The minimum absolute atomic E-state index is 0.248. The van der Waals surface area contributed by atoms with Crippen LogP contribution in [0, 0.1) is 0 Å². The molecule has 1 aromatic carbocycles. The highest BCUT2D eigenvalue weighted by Gasteiger charge is 2.17. The Hall–Kier alpha value is -0.470. The third-order valence-electron chi connectivity index (χ3n) is 3.23. The van der Waals surface area contributed by atoms with E-state index >= 15 is 0 Å². The number of nitrogens with zero attached hydrogens (tertiary/aromatic N) is 1. The molecule has 0 unspecified atom stereocenters. The third-order valence-corrected chi connectivity index (χ3v) is 5.67. The number of nitrogens with one attached hydrogen (secondary N) is 1. The Balaban J connectivity index is 2.69. The lowest BCUT2D eigenvalue weighted by atomic mass is 10.2. The molecular formula is C14H24BrN3O2S. The van der Waals surface area contributed by atoms with Crippen molar-refractivity contribution in [2.45, 2.75) is 31.7 Å². The average Bonchev–Trinajstić information content (AvgIpc) is 2.45. The maximum absolute atomic E-state index is 12.3. The fourth-order valence-electron chi connectivity index (χ4n) is 2.05. The van der Waals surface area contributed by atoms with E-state index in [4.69, 9.17) is 5.73 Å². The van der Waals surface area contributed by atoms with E-state index in [0.717, 1.165) is 25.1 Å². The van der Waals surface area contributed by atoms with Gasteiger partial charge < -0.3 is 10.6 Å². The van der Waals surface area contributed by atoms with Crippen molar-refractivity contribution in [2.24, 2.45) is 5.73 Å². The van der Waals surface area contributed by atoms with Crippen molar-refractivity contribution in [1.29, 1.82) is 0 Å². The summed E-state index contributed by atoms with van der Waals surface area (Å²) >= 11 is 3.30. The second kappa shape index (κ2) is 8.85. The summed E-state index contributed by atoms with van der Waals surface area (Å²) in [5.74, 6) is 0. The van der Waals surface area contributed by atoms with E-state index in [1.165, 1.54) is 0 Å². The van der Waals surface area contributed by atoms with Gasteiger partial charge in [0.2, 0.25) is 10.0 Å². The molecule has 3 N–H and O–H groups in total. The fourth-order valence-corrected chi connectivity index (χ4v) is 4.19. The number of hydrogen-bond acceptors (Lipinski definition) is 4. The first-order valence-electron chi connectivity index (χ1n) is 7.15. The van der Waals surface area contributed by atoms with Gasteiger partial charge in [-0.2, -0.15) is 0 Å². The van der Waals surface area contributed by atoms with Crippen LogP contribution in [-0.2, 0) is 16.6 Å². The maximum Gasteiger partial charge on any atom is 0.241 e. The lowest BCUT2D eigenvalue weighted by Crippen LogP contribution is -2.35. The Morgan fingerprint density at radius 1 is 1.29 bits per heavy atom. The van der Waals surface area contributed by atoms with Crippen LogP contribution in [0.1, 0.15) is 25.8 Å². The predicted octanol–water partition coefficient (Wildman–Crippen LogP) is 1.92. The second-order valence-electron chi connectivity index (χ2n) is 4.80. The van der Waals surface area contributed by atoms with E-state index in [1.807, 2.05) is 0 Å². The molecule has 0 bridgehead atoms. The van der Waals surface area contributed by atoms with Crippen molar-refractivity contribution in [3.05, 3.63) is 28.2 Å². The van der Waals surface area contributed by atoms with E-state index in [2.05, 4.69) is 39.4 Å². The van der Waals surface area contributed by atoms with Gasteiger partial charge in [-0.15, -0.1) is 0 Å². The Morgan fingerprint density at radius 2 is 2.00 bits per heavy atom. The lowest BCUT2D eigenvalue weighted by Gasteiger charge is -2.19. The molecule has 0 saturated carbocycles. The molecule has 1 aromatic rings. The molecule has 0 heterocycles. The average molecular weight is 378 g/mol. The van der Waals surface area contributed by atoms with Crippen molar-refractivity contribution >= 4 is 26.0 Å². The Bertz CT molecular complexity index is 549. The predicted molar refractivity (Wildman–Crippen MR) is 89.6 cm³/mol. The van der Waals surface area contributed by atoms with Crippen molar-refractivity contribution in [3.63, 3.8) is 0 Å². The summed E-state index contributed by atoms with van der Waals surface area (Å²) in [5.41, 5.74) is 6.43. The van der Waals surface area contributed by atoms with Gasteiger partial charge in [0.05, 0.1) is 4.90 Å². The van der Waals surface area contributed by atoms with Gasteiger partial charge in [-0.3, -0.25) is 0 Å². The molecule has 0 aromatic heterocycles. The van der Waals surface area contributed by atoms with Crippen LogP contribution < -0.4 is 10.5 Å². The number of hydrogen-bond donors (Lipinski definition) is 2. The number of likely N-dealkylation sites (N-methyl/N-ethyl adjacent to an activating group) is 1. The fraction of sp³-hybridized carbons (Fsp3) is 0.571. The number of rotatable bonds is 9. The van der Waals surface area contributed by atoms with E-state index in [1.54, 1.807) is 18.2 Å². The van der Waals surface area contributed by atoms with Gasteiger partial charge in [-0.25, -0.2) is 13.1 Å². The minimum Gasteiger partial charge on any atom is -0.326 e. The molecule has 0 aliphatic heterocycles. The summed E-state index contributed by atoms with van der Waals surface area (Å²) < 4.78 is 27.8. The Kier molecular flexibility index (Phi) is 7.83. The number of benzene rings is 1. The van der Waals surface area contributed by atoms with Gasteiger partial charge >= 0.3 is 0 Å². The van der Waals surface area contributed by atoms with Gasteiger partial charge in [0, 0.05) is 24.1 Å². The summed E-state index contributed by atoms with van der Waals surface area (Å²) in [6, 6.07) is 5.05. The molecule has 0 spiro atoms. The van der Waals surface area contributed by atoms with Crippen molar-refractivity contribution in [2.75, 3.05) is 26.2 Å². The van der Waals surface area contributed by atoms with E-state index in [9.17, 15) is 8.42 Å². The highest BCUT2D eigenvalue weighted by molar-refractivity contribution is 9.10. The SMILES string of the molecule is CCCN(CC)CCNS(=O)(=O)c1ccc(CN)cc1Br. The van der Waals surface area contributed by atoms with Gasteiger partial charge in [0.1, 0.15) is 0 Å². The monoisotopic (exact) mass is 377 g/mol. The Morgan fingerprint density at radius 3 is 2.52 bits per heavy atom. The second-order valence-corrected chi connectivity index (χ2v) is 7.39. The molecule has 0 fully saturated rings. The summed E-state index contributed by atoms with van der Waals surface area (Å²) in [5, 5.41) is 0. The van der Waals surface area contributed by atoms with Crippen LogP contribution >= 0.6 is 15.9 Å². The molecule has 1 rings (SSSR count). The summed E-state index contributed by atoms with van der Waals surface area (Å²) in [4.78, 5) is 2.47. The zero-order valence-corrected chi connectivity index (χ0v) is 15.0. The van der Waals surface area contributed by atoms with E-state index in [0.29, 0.717) is 24.1 Å². The smallest absolute Gasteiger partial charge is 0.241 e. The number of halogens is 1. The van der Waals surface area contributed by atoms with E-state index in [-0.39, 0.29) is 4.90 Å². The van der Waals surface area contributed by atoms with Gasteiger partial charge in [0.25, 0.3) is 0 Å². The van der Waals surface area contributed by atoms with Crippen molar-refractivity contribution < 1.29 is 8.42 Å². The molecule has 7 heteroatoms. The first-order chi connectivity index (χ1) is 9.94. The van der Waals surface area contributed by atoms with Crippen LogP contribution in [-0.4, -0.2) is 39.5 Å². The molecule has 0 aliphatic carbocycles. The van der Waals surface area contributed by atoms with Crippen LogP contribution in [0.5, 0.6) is 0 Å². The van der Waals surface area contributed by atoms with Crippen molar-refractivity contribution in [1.82, 2.24) is 9.62 Å². The summed E-state index contributed by atoms with van der Waals surface area (Å²) in [6.45, 7) is 7.59. The quantitative estimate of drug-likeness (QED) is 0.689. The normalized spacial score (nSPS) is 12.0. The van der Waals surface area contributed by atoms with Gasteiger partial charge in [-0.05, 0) is 53.1 Å². The standard InChI is InChI=1S/C14H24BrN3O2S/c1-3-8-18(4-2)9-7-17-21(19,20)14-6-5-12(11-16)10-13(14)15/h5-6,10,17H,3-4,7-9,11,16H2,1-2H3. The zero-order chi connectivity index (χ0) is 15.9. The largest absolute Gasteiger partial charge is 0.326 e. The molecule has 0 amide bonds. The molecule has 0 saturated heterocycles. The van der Waals surface area contributed by atoms with Crippen LogP contribution in [0.4, 0.5) is 0 Å². The van der Waals surface area contributed by atoms with E-state index < -0.39 is 10.0 Å². The van der Waals surface area contributed by atoms with Crippen LogP contribution in [0.25, 0.3) is 0 Å². The molecule has 21 heavy (non-hydrogen) atoms. The molecule has 5 nitrogen and oxygen atoms in total. The topological polar surface area (TPSA) is 75.4 Å². The third kappa shape index (κ3) is 5.67. The van der Waals surface area contributed by atoms with Crippen LogP contribution in [0.15, 0.2) is 27.6 Å². The lowest BCUT2D eigenvalue weighted by molar-refractivity contribution is 0.293. The maximum atomic E-state index is 12.3. The molecule has 0 atom stereocenters. The van der Waals surface area contributed by atoms with Crippen molar-refractivity contribution in [3.8, 4) is 0 Å². The first kappa shape index (κ1) is 18.6. The first-order valence-corrected chi connectivity index (χ1v) is 9.42. The molecular weight excluding hydrogens is 354 g/mol. The highest BCUT2D eigenvalue weighted by atomic mass is 79.9. The van der Waals surface area contributed by atoms with Crippen LogP contribution in [0.3, 0.4) is 0 Å². The van der Waals surface area contributed by atoms with Crippen LogP contribution in [0.2, 0.25) is 0 Å². The molecule has 0 aliphatic rings. The van der Waals surface area contributed by atoms with Gasteiger partial charge in [-0.1, -0.05) is 19.9 Å². The highest BCUT2D eigenvalue weighted by Crippen LogP contribution is 2.22. The van der Waals surface area contributed by atoms with Gasteiger partial charge in [0.15, 0.2) is 0 Å².